The molecule has 1 saturated carbocycles. The first-order chi connectivity index (χ1) is 11.1. The Morgan fingerprint density at radius 3 is 2.78 bits per heavy atom. The van der Waals surface area contributed by atoms with E-state index in [0.29, 0.717) is 19.4 Å². The lowest BCUT2D eigenvalue weighted by atomic mass is 10.0. The molecular formula is C18H23N3O2. The number of aliphatic hydroxyl groups is 1. The number of carbonyl (C=O) groups is 1. The van der Waals surface area contributed by atoms with Crippen LogP contribution in [0.1, 0.15) is 42.6 Å². The van der Waals surface area contributed by atoms with E-state index in [0.717, 1.165) is 36.3 Å². The highest BCUT2D eigenvalue weighted by Gasteiger charge is 2.38. The molecule has 0 bridgehead atoms. The second kappa shape index (κ2) is 6.54. The number of carbonyl (C=O) groups excluding carboxylic acids is 1. The minimum Gasteiger partial charge on any atom is -0.380 e. The van der Waals surface area contributed by atoms with Gasteiger partial charge in [0, 0.05) is 25.5 Å². The summed E-state index contributed by atoms with van der Waals surface area (Å²) in [6.07, 6.45) is 6.73. The number of rotatable bonds is 5. The molecule has 23 heavy (non-hydrogen) atoms. The third-order valence-corrected chi connectivity index (χ3v) is 4.57. The van der Waals surface area contributed by atoms with Gasteiger partial charge in [0.2, 0.25) is 0 Å². The van der Waals surface area contributed by atoms with Crippen molar-refractivity contribution in [3.8, 4) is 0 Å². The van der Waals surface area contributed by atoms with Crippen LogP contribution >= 0.6 is 0 Å². The van der Waals surface area contributed by atoms with E-state index in [2.05, 4.69) is 27.0 Å². The Morgan fingerprint density at radius 1 is 1.35 bits per heavy atom. The molecule has 1 amide bonds. The van der Waals surface area contributed by atoms with Crippen LogP contribution in [-0.4, -0.2) is 26.2 Å². The number of amides is 1. The highest BCUT2D eigenvalue weighted by atomic mass is 16.3. The van der Waals surface area contributed by atoms with Crippen LogP contribution < -0.4 is 5.32 Å². The maximum atomic E-state index is 12.2. The number of hydrogen-bond acceptors (Lipinski definition) is 3. The molecule has 2 N–H and O–H groups in total. The quantitative estimate of drug-likeness (QED) is 0.889. The van der Waals surface area contributed by atoms with Crippen molar-refractivity contribution >= 4 is 5.91 Å². The van der Waals surface area contributed by atoms with Crippen molar-refractivity contribution in [1.82, 2.24) is 14.9 Å². The van der Waals surface area contributed by atoms with E-state index in [-0.39, 0.29) is 5.91 Å². The largest absolute Gasteiger partial charge is 0.380 e. The summed E-state index contributed by atoms with van der Waals surface area (Å²) in [6.45, 7) is 3.18. The van der Waals surface area contributed by atoms with Crippen LogP contribution in [0.25, 0.3) is 0 Å². The summed E-state index contributed by atoms with van der Waals surface area (Å²) in [5.41, 5.74) is 1.04. The second-order valence-corrected chi connectivity index (χ2v) is 6.34. The topological polar surface area (TPSA) is 67.2 Å². The molecular weight excluding hydrogens is 290 g/mol. The number of aromatic nitrogens is 2. The van der Waals surface area contributed by atoms with E-state index in [9.17, 15) is 9.90 Å². The van der Waals surface area contributed by atoms with Crippen LogP contribution in [0.5, 0.6) is 0 Å². The normalized spacial score (nSPS) is 16.4. The standard InChI is InChI=1S/C18H23N3O2/c1-14-19-9-10-21(14)13-16-6-4-5-15(11-16)12-20-17(22)18(23)7-2-3-8-18/h4-6,9-11,23H,2-3,7-8,12-13H2,1H3,(H,20,22). The zero-order valence-electron chi connectivity index (χ0n) is 13.5. The van der Waals surface area contributed by atoms with Crippen molar-refractivity contribution in [2.45, 2.75) is 51.3 Å². The maximum Gasteiger partial charge on any atom is 0.252 e. The van der Waals surface area contributed by atoms with Gasteiger partial charge in [0.15, 0.2) is 0 Å². The van der Waals surface area contributed by atoms with E-state index in [1.54, 1.807) is 6.20 Å². The molecule has 0 aliphatic heterocycles. The first-order valence-corrected chi connectivity index (χ1v) is 8.13. The van der Waals surface area contributed by atoms with Crippen molar-refractivity contribution in [3.63, 3.8) is 0 Å². The Morgan fingerprint density at radius 2 is 2.09 bits per heavy atom. The fraction of sp³-hybridized carbons (Fsp3) is 0.444. The number of imidazole rings is 1. The van der Waals surface area contributed by atoms with Gasteiger partial charge in [-0.15, -0.1) is 0 Å². The summed E-state index contributed by atoms with van der Waals surface area (Å²) in [7, 11) is 0. The van der Waals surface area contributed by atoms with E-state index in [1.807, 2.05) is 25.3 Å². The fourth-order valence-corrected chi connectivity index (χ4v) is 3.14. The lowest BCUT2D eigenvalue weighted by Crippen LogP contribution is -2.44. The van der Waals surface area contributed by atoms with Crippen molar-refractivity contribution < 1.29 is 9.90 Å². The molecule has 1 aromatic carbocycles. The van der Waals surface area contributed by atoms with E-state index in [4.69, 9.17) is 0 Å². The summed E-state index contributed by atoms with van der Waals surface area (Å²) in [4.78, 5) is 16.4. The molecule has 122 valence electrons. The molecule has 0 spiro atoms. The highest BCUT2D eigenvalue weighted by molar-refractivity contribution is 5.85. The Labute approximate surface area is 136 Å². The average molecular weight is 313 g/mol. The van der Waals surface area contributed by atoms with Gasteiger partial charge in [0.25, 0.3) is 5.91 Å². The highest BCUT2D eigenvalue weighted by Crippen LogP contribution is 2.29. The Kier molecular flexibility index (Phi) is 4.48. The molecule has 0 unspecified atom stereocenters. The van der Waals surface area contributed by atoms with E-state index in [1.165, 1.54) is 0 Å². The second-order valence-electron chi connectivity index (χ2n) is 6.34. The maximum absolute atomic E-state index is 12.2. The number of benzene rings is 1. The molecule has 0 saturated heterocycles. The molecule has 0 atom stereocenters. The van der Waals surface area contributed by atoms with Gasteiger partial charge >= 0.3 is 0 Å². The van der Waals surface area contributed by atoms with Gasteiger partial charge in [-0.1, -0.05) is 24.3 Å². The zero-order chi connectivity index (χ0) is 16.3. The van der Waals surface area contributed by atoms with Crippen molar-refractivity contribution in [1.29, 1.82) is 0 Å². The minimum absolute atomic E-state index is 0.245. The van der Waals surface area contributed by atoms with Gasteiger partial charge < -0.3 is 15.0 Å². The molecule has 5 heteroatoms. The number of nitrogens with one attached hydrogen (secondary N) is 1. The van der Waals surface area contributed by atoms with Gasteiger partial charge in [0.05, 0.1) is 0 Å². The van der Waals surface area contributed by atoms with Gasteiger partial charge in [0.1, 0.15) is 11.4 Å². The van der Waals surface area contributed by atoms with Gasteiger partial charge in [-0.2, -0.15) is 0 Å². The molecule has 5 nitrogen and oxygen atoms in total. The summed E-state index contributed by atoms with van der Waals surface area (Å²) in [6, 6.07) is 8.13. The van der Waals surface area contributed by atoms with Crippen molar-refractivity contribution in [2.75, 3.05) is 0 Å². The number of nitrogens with zero attached hydrogens (tertiary/aromatic N) is 2. The number of hydrogen-bond donors (Lipinski definition) is 2. The first kappa shape index (κ1) is 15.7. The smallest absolute Gasteiger partial charge is 0.252 e. The summed E-state index contributed by atoms with van der Waals surface area (Å²) < 4.78 is 2.08. The molecule has 1 aromatic heterocycles. The molecule has 1 heterocycles. The predicted molar refractivity (Wildman–Crippen MR) is 87.8 cm³/mol. The van der Waals surface area contributed by atoms with Gasteiger partial charge in [-0.05, 0) is 43.7 Å². The Bertz CT molecular complexity index is 687. The summed E-state index contributed by atoms with van der Waals surface area (Å²) in [5, 5.41) is 13.1. The Hall–Kier alpha value is -2.14. The van der Waals surface area contributed by atoms with Crippen molar-refractivity contribution in [2.24, 2.45) is 0 Å². The van der Waals surface area contributed by atoms with Crippen LogP contribution in [-0.2, 0) is 17.9 Å². The average Bonchev–Trinajstić information content (AvgIpc) is 3.15. The first-order valence-electron chi connectivity index (χ1n) is 8.13. The number of aryl methyl sites for hydroxylation is 1. The van der Waals surface area contributed by atoms with Crippen LogP contribution in [0.4, 0.5) is 0 Å². The third kappa shape index (κ3) is 3.62. The van der Waals surface area contributed by atoms with Crippen LogP contribution in [0.3, 0.4) is 0 Å². The van der Waals surface area contributed by atoms with Crippen LogP contribution in [0.15, 0.2) is 36.7 Å². The van der Waals surface area contributed by atoms with E-state index < -0.39 is 5.60 Å². The summed E-state index contributed by atoms with van der Waals surface area (Å²) in [5.74, 6) is 0.734. The SMILES string of the molecule is Cc1nccn1Cc1cccc(CNC(=O)C2(O)CCCC2)c1. The zero-order valence-corrected chi connectivity index (χ0v) is 13.5. The molecule has 0 radical (unpaired) electrons. The van der Waals surface area contributed by atoms with Crippen molar-refractivity contribution in [3.05, 3.63) is 53.6 Å². The van der Waals surface area contributed by atoms with Gasteiger partial charge in [-0.3, -0.25) is 4.79 Å². The monoisotopic (exact) mass is 313 g/mol. The van der Waals surface area contributed by atoms with E-state index >= 15 is 0 Å². The minimum atomic E-state index is -1.16. The van der Waals surface area contributed by atoms with Crippen LogP contribution in [0, 0.1) is 6.92 Å². The van der Waals surface area contributed by atoms with Gasteiger partial charge in [-0.25, -0.2) is 4.98 Å². The molecule has 1 aliphatic rings. The molecule has 1 fully saturated rings. The fourth-order valence-electron chi connectivity index (χ4n) is 3.14. The summed E-state index contributed by atoms with van der Waals surface area (Å²) >= 11 is 0. The lowest BCUT2D eigenvalue weighted by Gasteiger charge is -2.21. The molecule has 2 aromatic rings. The van der Waals surface area contributed by atoms with Crippen LogP contribution in [0.2, 0.25) is 0 Å². The Balaban J connectivity index is 1.61. The third-order valence-electron chi connectivity index (χ3n) is 4.57. The molecule has 1 aliphatic carbocycles. The lowest BCUT2D eigenvalue weighted by molar-refractivity contribution is -0.139. The molecule has 3 rings (SSSR count). The predicted octanol–water partition coefficient (Wildman–Crippen LogP) is 2.16.